The fraction of sp³-hybridized carbons (Fsp3) is 0.462. The van der Waals surface area contributed by atoms with Gasteiger partial charge in [0, 0.05) is 31.0 Å². The molecule has 1 heterocycles. The van der Waals surface area contributed by atoms with Crippen molar-refractivity contribution in [2.75, 3.05) is 30.3 Å². The number of carbonyl (C=O) groups is 1. The Kier molecular flexibility index (Phi) is 3.22. The van der Waals surface area contributed by atoms with Gasteiger partial charge in [0.15, 0.2) is 0 Å². The Morgan fingerprint density at radius 3 is 2.47 bits per heavy atom. The fourth-order valence-corrected chi connectivity index (χ4v) is 2.09. The lowest BCUT2D eigenvalue weighted by Gasteiger charge is -2.20. The van der Waals surface area contributed by atoms with E-state index >= 15 is 0 Å². The van der Waals surface area contributed by atoms with E-state index in [1.165, 1.54) is 0 Å². The second kappa shape index (κ2) is 4.65. The number of carbonyl (C=O) groups excluding carboxylic acids is 1. The first-order chi connectivity index (χ1) is 8.08. The van der Waals surface area contributed by atoms with Gasteiger partial charge in [0.2, 0.25) is 0 Å². The van der Waals surface area contributed by atoms with Crippen LogP contribution in [0.3, 0.4) is 0 Å². The van der Waals surface area contributed by atoms with Crippen LogP contribution in [0.4, 0.5) is 16.2 Å². The summed E-state index contributed by atoms with van der Waals surface area (Å²) >= 11 is 0. The van der Waals surface area contributed by atoms with E-state index in [4.69, 9.17) is 5.73 Å². The highest BCUT2D eigenvalue weighted by Crippen LogP contribution is 2.21. The highest BCUT2D eigenvalue weighted by Gasteiger charge is 2.29. The molecular weight excluding hydrogens is 214 g/mol. The zero-order valence-corrected chi connectivity index (χ0v) is 10.4. The first kappa shape index (κ1) is 11.8. The van der Waals surface area contributed by atoms with E-state index in [2.05, 4.69) is 13.8 Å². The lowest BCUT2D eigenvalue weighted by molar-refractivity contribution is 0.215. The van der Waals surface area contributed by atoms with E-state index in [1.807, 2.05) is 34.1 Å². The van der Waals surface area contributed by atoms with E-state index in [9.17, 15) is 4.79 Å². The van der Waals surface area contributed by atoms with Gasteiger partial charge in [-0.15, -0.1) is 0 Å². The van der Waals surface area contributed by atoms with Crippen LogP contribution in [-0.4, -0.2) is 30.6 Å². The highest BCUT2D eigenvalue weighted by molar-refractivity contribution is 5.94. The van der Waals surface area contributed by atoms with Crippen molar-refractivity contribution in [3.8, 4) is 0 Å². The largest absolute Gasteiger partial charge is 0.399 e. The normalized spacial score (nSPS) is 16.1. The molecule has 4 nitrogen and oxygen atoms in total. The van der Waals surface area contributed by atoms with Crippen LogP contribution in [0.5, 0.6) is 0 Å². The van der Waals surface area contributed by atoms with Gasteiger partial charge in [-0.3, -0.25) is 4.90 Å². The van der Waals surface area contributed by atoms with Crippen molar-refractivity contribution in [3.63, 3.8) is 0 Å². The summed E-state index contributed by atoms with van der Waals surface area (Å²) in [6.45, 7) is 6.64. The topological polar surface area (TPSA) is 49.6 Å². The number of rotatable bonds is 3. The molecule has 1 fully saturated rings. The number of nitrogens with zero attached hydrogens (tertiary/aromatic N) is 2. The quantitative estimate of drug-likeness (QED) is 0.813. The molecule has 1 saturated heterocycles. The van der Waals surface area contributed by atoms with E-state index < -0.39 is 0 Å². The SMILES string of the molecule is CC(C)CN1CCN(c2ccc(N)cc2)C1=O. The zero-order chi connectivity index (χ0) is 12.4. The Bertz CT molecular complexity index is 400. The van der Waals surface area contributed by atoms with Gasteiger partial charge in [-0.05, 0) is 30.2 Å². The molecule has 17 heavy (non-hydrogen) atoms. The first-order valence-electron chi connectivity index (χ1n) is 6.00. The summed E-state index contributed by atoms with van der Waals surface area (Å²) in [5.41, 5.74) is 7.29. The number of hydrogen-bond donors (Lipinski definition) is 1. The molecule has 92 valence electrons. The standard InChI is InChI=1S/C13H19N3O/c1-10(2)9-15-7-8-16(13(15)17)12-5-3-11(14)4-6-12/h3-6,10H,7-9,14H2,1-2H3. The molecule has 2 N–H and O–H groups in total. The van der Waals surface area contributed by atoms with Crippen molar-refractivity contribution >= 4 is 17.4 Å². The maximum absolute atomic E-state index is 12.1. The molecule has 0 spiro atoms. The average Bonchev–Trinajstić information content (AvgIpc) is 2.61. The molecule has 1 aliphatic rings. The summed E-state index contributed by atoms with van der Waals surface area (Å²) in [4.78, 5) is 15.9. The maximum Gasteiger partial charge on any atom is 0.324 e. The van der Waals surface area contributed by atoms with Crippen LogP contribution in [-0.2, 0) is 0 Å². The number of nitrogens with two attached hydrogens (primary N) is 1. The Morgan fingerprint density at radius 1 is 1.24 bits per heavy atom. The van der Waals surface area contributed by atoms with E-state index in [-0.39, 0.29) is 6.03 Å². The Labute approximate surface area is 102 Å². The van der Waals surface area contributed by atoms with Crippen LogP contribution in [0.25, 0.3) is 0 Å². The van der Waals surface area contributed by atoms with E-state index in [1.54, 1.807) is 0 Å². The summed E-state index contributed by atoms with van der Waals surface area (Å²) in [5, 5.41) is 0. The molecule has 4 heteroatoms. The molecular formula is C13H19N3O. The third-order valence-corrected chi connectivity index (χ3v) is 2.89. The summed E-state index contributed by atoms with van der Waals surface area (Å²) in [7, 11) is 0. The number of nitrogen functional groups attached to an aromatic ring is 1. The fourth-order valence-electron chi connectivity index (χ4n) is 2.09. The van der Waals surface area contributed by atoms with Crippen molar-refractivity contribution in [3.05, 3.63) is 24.3 Å². The predicted octanol–water partition coefficient (Wildman–Crippen LogP) is 2.17. The smallest absolute Gasteiger partial charge is 0.324 e. The molecule has 0 aromatic heterocycles. The third kappa shape index (κ3) is 2.52. The summed E-state index contributed by atoms with van der Waals surface area (Å²) in [6, 6.07) is 7.54. The number of benzene rings is 1. The number of hydrogen-bond acceptors (Lipinski definition) is 2. The first-order valence-corrected chi connectivity index (χ1v) is 6.00. The van der Waals surface area contributed by atoms with Crippen molar-refractivity contribution in [2.24, 2.45) is 5.92 Å². The van der Waals surface area contributed by atoms with Gasteiger partial charge in [0.25, 0.3) is 0 Å². The summed E-state index contributed by atoms with van der Waals surface area (Å²) in [5.74, 6) is 0.505. The molecule has 1 aliphatic heterocycles. The molecule has 0 saturated carbocycles. The van der Waals surface area contributed by atoms with Gasteiger partial charge in [-0.25, -0.2) is 4.79 Å². The highest BCUT2D eigenvalue weighted by atomic mass is 16.2. The van der Waals surface area contributed by atoms with Gasteiger partial charge in [0.1, 0.15) is 0 Å². The second-order valence-corrected chi connectivity index (χ2v) is 4.87. The van der Waals surface area contributed by atoms with Crippen LogP contribution in [0, 0.1) is 5.92 Å². The monoisotopic (exact) mass is 233 g/mol. The van der Waals surface area contributed by atoms with E-state index in [0.717, 1.165) is 31.0 Å². The van der Waals surface area contributed by atoms with Crippen LogP contribution < -0.4 is 10.6 Å². The Morgan fingerprint density at radius 2 is 1.88 bits per heavy atom. The average molecular weight is 233 g/mol. The minimum absolute atomic E-state index is 0.100. The Hall–Kier alpha value is -1.71. The number of anilines is 2. The van der Waals surface area contributed by atoms with Crippen LogP contribution >= 0.6 is 0 Å². The van der Waals surface area contributed by atoms with Crippen molar-refractivity contribution < 1.29 is 4.79 Å². The van der Waals surface area contributed by atoms with Gasteiger partial charge in [-0.1, -0.05) is 13.8 Å². The van der Waals surface area contributed by atoms with Gasteiger partial charge in [-0.2, -0.15) is 0 Å². The molecule has 0 bridgehead atoms. The molecule has 2 rings (SSSR count). The Balaban J connectivity index is 2.09. The minimum atomic E-state index is 0.100. The van der Waals surface area contributed by atoms with Crippen LogP contribution in [0.1, 0.15) is 13.8 Å². The van der Waals surface area contributed by atoms with E-state index in [0.29, 0.717) is 5.92 Å². The minimum Gasteiger partial charge on any atom is -0.399 e. The molecule has 0 atom stereocenters. The third-order valence-electron chi connectivity index (χ3n) is 2.89. The lowest BCUT2D eigenvalue weighted by Crippen LogP contribution is -2.34. The molecule has 0 aliphatic carbocycles. The second-order valence-electron chi connectivity index (χ2n) is 4.87. The zero-order valence-electron chi connectivity index (χ0n) is 10.4. The van der Waals surface area contributed by atoms with Gasteiger partial charge in [0.05, 0.1) is 0 Å². The number of amides is 2. The molecule has 2 amide bonds. The predicted molar refractivity (Wildman–Crippen MR) is 70.0 cm³/mol. The molecule has 0 unspecified atom stereocenters. The van der Waals surface area contributed by atoms with Crippen molar-refractivity contribution in [1.82, 2.24) is 4.90 Å². The molecule has 0 radical (unpaired) electrons. The molecule has 1 aromatic rings. The van der Waals surface area contributed by atoms with Crippen LogP contribution in [0.2, 0.25) is 0 Å². The lowest BCUT2D eigenvalue weighted by atomic mass is 10.2. The number of urea groups is 1. The van der Waals surface area contributed by atoms with Crippen molar-refractivity contribution in [2.45, 2.75) is 13.8 Å². The van der Waals surface area contributed by atoms with Crippen molar-refractivity contribution in [1.29, 1.82) is 0 Å². The summed E-state index contributed by atoms with van der Waals surface area (Å²) in [6.07, 6.45) is 0. The molecule has 1 aromatic carbocycles. The van der Waals surface area contributed by atoms with Gasteiger partial charge < -0.3 is 10.6 Å². The van der Waals surface area contributed by atoms with Crippen LogP contribution in [0.15, 0.2) is 24.3 Å². The summed E-state index contributed by atoms with van der Waals surface area (Å²) < 4.78 is 0. The maximum atomic E-state index is 12.1. The van der Waals surface area contributed by atoms with Gasteiger partial charge >= 0.3 is 6.03 Å².